The van der Waals surface area contributed by atoms with Gasteiger partial charge in [0.2, 0.25) is 5.56 Å². The standard InChI is InChI=1S/C21H18N4O3/c1-2-25(12-18-22-17-10-6-4-8-14(17)20(27)24-18)21(28)15-11-19(26)23-16-9-5-3-7-13(15)16/h3-11H,2,12H2,1H3,(H,23,26)(H,22,24,27). The van der Waals surface area contributed by atoms with Gasteiger partial charge in [-0.3, -0.25) is 14.4 Å². The van der Waals surface area contributed by atoms with Gasteiger partial charge in [-0.2, -0.15) is 0 Å². The van der Waals surface area contributed by atoms with Crippen LogP contribution in [0.3, 0.4) is 0 Å². The second kappa shape index (κ2) is 7.11. The molecule has 0 aliphatic rings. The second-order valence-electron chi connectivity index (χ2n) is 6.44. The molecule has 28 heavy (non-hydrogen) atoms. The Morgan fingerprint density at radius 1 is 1.00 bits per heavy atom. The number of pyridine rings is 1. The summed E-state index contributed by atoms with van der Waals surface area (Å²) in [4.78, 5) is 48.9. The summed E-state index contributed by atoms with van der Waals surface area (Å²) in [6.07, 6.45) is 0. The van der Waals surface area contributed by atoms with Crippen LogP contribution in [0, 0.1) is 0 Å². The van der Waals surface area contributed by atoms with Crippen LogP contribution in [-0.2, 0) is 6.54 Å². The fourth-order valence-electron chi connectivity index (χ4n) is 3.27. The first-order valence-corrected chi connectivity index (χ1v) is 8.96. The van der Waals surface area contributed by atoms with Crippen LogP contribution >= 0.6 is 0 Å². The lowest BCUT2D eigenvalue weighted by Crippen LogP contribution is -2.32. The Bertz CT molecular complexity index is 1310. The molecule has 0 radical (unpaired) electrons. The Morgan fingerprint density at radius 3 is 2.50 bits per heavy atom. The Labute approximate surface area is 159 Å². The highest BCUT2D eigenvalue weighted by Crippen LogP contribution is 2.17. The van der Waals surface area contributed by atoms with Gasteiger partial charge < -0.3 is 14.9 Å². The molecule has 1 amide bonds. The van der Waals surface area contributed by atoms with E-state index in [1.54, 1.807) is 41.3 Å². The van der Waals surface area contributed by atoms with Crippen LogP contribution in [0.2, 0.25) is 0 Å². The largest absolute Gasteiger partial charge is 0.331 e. The van der Waals surface area contributed by atoms with Crippen molar-refractivity contribution < 1.29 is 4.79 Å². The van der Waals surface area contributed by atoms with Crippen molar-refractivity contribution in [1.82, 2.24) is 19.9 Å². The monoisotopic (exact) mass is 374 g/mol. The van der Waals surface area contributed by atoms with Gasteiger partial charge in [0.1, 0.15) is 5.82 Å². The van der Waals surface area contributed by atoms with Crippen molar-refractivity contribution in [3.63, 3.8) is 0 Å². The Morgan fingerprint density at radius 2 is 1.71 bits per heavy atom. The van der Waals surface area contributed by atoms with Gasteiger partial charge >= 0.3 is 0 Å². The van der Waals surface area contributed by atoms with E-state index in [4.69, 9.17) is 0 Å². The van der Waals surface area contributed by atoms with Gasteiger partial charge in [-0.05, 0) is 25.1 Å². The minimum absolute atomic E-state index is 0.135. The summed E-state index contributed by atoms with van der Waals surface area (Å²) in [5.41, 5.74) is 0.920. The number of nitrogens with zero attached hydrogens (tertiary/aromatic N) is 2. The lowest BCUT2D eigenvalue weighted by atomic mass is 10.1. The number of aromatic amines is 2. The Kier molecular flexibility index (Phi) is 4.49. The average molecular weight is 374 g/mol. The zero-order valence-electron chi connectivity index (χ0n) is 15.2. The van der Waals surface area contributed by atoms with E-state index in [0.29, 0.717) is 39.7 Å². The molecule has 0 fully saturated rings. The molecule has 0 aliphatic carbocycles. The topological polar surface area (TPSA) is 98.9 Å². The molecule has 140 valence electrons. The third-order valence-corrected chi connectivity index (χ3v) is 4.65. The maximum Gasteiger partial charge on any atom is 0.258 e. The number of carbonyl (C=O) groups excluding carboxylic acids is 1. The van der Waals surface area contributed by atoms with Crippen molar-refractivity contribution in [2.24, 2.45) is 0 Å². The predicted octanol–water partition coefficient (Wildman–Crippen LogP) is 2.43. The highest BCUT2D eigenvalue weighted by Gasteiger charge is 2.19. The molecule has 0 bridgehead atoms. The predicted molar refractivity (Wildman–Crippen MR) is 107 cm³/mol. The minimum atomic E-state index is -0.338. The third kappa shape index (κ3) is 3.18. The van der Waals surface area contributed by atoms with Crippen LogP contribution in [0.4, 0.5) is 0 Å². The van der Waals surface area contributed by atoms with E-state index in [1.807, 2.05) is 19.1 Å². The molecule has 0 atom stereocenters. The quantitative estimate of drug-likeness (QED) is 0.573. The van der Waals surface area contributed by atoms with E-state index in [9.17, 15) is 14.4 Å². The molecule has 2 heterocycles. The van der Waals surface area contributed by atoms with Crippen molar-refractivity contribution in [3.8, 4) is 0 Å². The van der Waals surface area contributed by atoms with Gasteiger partial charge in [0.05, 0.1) is 23.0 Å². The molecule has 4 rings (SSSR count). The average Bonchev–Trinajstić information content (AvgIpc) is 2.71. The van der Waals surface area contributed by atoms with Crippen LogP contribution < -0.4 is 11.1 Å². The van der Waals surface area contributed by atoms with Crippen molar-refractivity contribution in [1.29, 1.82) is 0 Å². The van der Waals surface area contributed by atoms with Gasteiger partial charge in [-0.1, -0.05) is 30.3 Å². The number of fused-ring (bicyclic) bond motifs is 2. The molecule has 7 heteroatoms. The van der Waals surface area contributed by atoms with Crippen LogP contribution in [0.5, 0.6) is 0 Å². The van der Waals surface area contributed by atoms with Gasteiger partial charge in [0.25, 0.3) is 11.5 Å². The molecule has 2 aromatic carbocycles. The molecule has 7 nitrogen and oxygen atoms in total. The smallest absolute Gasteiger partial charge is 0.258 e. The van der Waals surface area contributed by atoms with E-state index in [0.717, 1.165) is 0 Å². The van der Waals surface area contributed by atoms with Crippen LogP contribution in [0.25, 0.3) is 21.8 Å². The lowest BCUT2D eigenvalue weighted by molar-refractivity contribution is 0.0750. The van der Waals surface area contributed by atoms with Crippen molar-refractivity contribution in [2.45, 2.75) is 13.5 Å². The minimum Gasteiger partial charge on any atom is -0.331 e. The SMILES string of the molecule is CCN(Cc1nc2ccccc2c(=O)[nH]1)C(=O)c1cc(=O)[nH]c2ccccc12. The van der Waals surface area contributed by atoms with E-state index in [-0.39, 0.29) is 23.6 Å². The highest BCUT2D eigenvalue weighted by molar-refractivity contribution is 6.05. The zero-order chi connectivity index (χ0) is 19.7. The molecular formula is C21H18N4O3. The third-order valence-electron chi connectivity index (χ3n) is 4.65. The van der Waals surface area contributed by atoms with E-state index >= 15 is 0 Å². The number of aromatic nitrogens is 3. The number of rotatable bonds is 4. The van der Waals surface area contributed by atoms with Crippen molar-refractivity contribution in [3.05, 3.63) is 86.7 Å². The number of amides is 1. The molecule has 0 unspecified atom stereocenters. The van der Waals surface area contributed by atoms with Crippen LogP contribution in [-0.4, -0.2) is 32.3 Å². The fraction of sp³-hybridized carbons (Fsp3) is 0.143. The Balaban J connectivity index is 1.73. The van der Waals surface area contributed by atoms with Crippen molar-refractivity contribution >= 4 is 27.7 Å². The Hall–Kier alpha value is -3.74. The summed E-state index contributed by atoms with van der Waals surface area (Å²) in [7, 11) is 0. The first kappa shape index (κ1) is 17.7. The van der Waals surface area contributed by atoms with E-state index < -0.39 is 0 Å². The molecule has 0 spiro atoms. The summed E-state index contributed by atoms with van der Waals surface area (Å²) < 4.78 is 0. The number of hydrogen-bond donors (Lipinski definition) is 2. The molecule has 0 saturated heterocycles. The molecule has 4 aromatic rings. The first-order chi connectivity index (χ1) is 13.6. The van der Waals surface area contributed by atoms with Gasteiger partial charge in [-0.25, -0.2) is 4.98 Å². The molecule has 0 aliphatic heterocycles. The number of nitrogens with one attached hydrogen (secondary N) is 2. The van der Waals surface area contributed by atoms with Crippen LogP contribution in [0.1, 0.15) is 23.1 Å². The highest BCUT2D eigenvalue weighted by atomic mass is 16.2. The maximum atomic E-state index is 13.1. The molecule has 0 saturated carbocycles. The number of para-hydroxylation sites is 2. The molecule has 2 aromatic heterocycles. The summed E-state index contributed by atoms with van der Waals surface area (Å²) >= 11 is 0. The number of H-pyrrole nitrogens is 2. The number of hydrogen-bond acceptors (Lipinski definition) is 4. The van der Waals surface area contributed by atoms with E-state index in [1.165, 1.54) is 6.07 Å². The van der Waals surface area contributed by atoms with Gasteiger partial charge in [0, 0.05) is 23.5 Å². The molecule has 2 N–H and O–H groups in total. The summed E-state index contributed by atoms with van der Waals surface area (Å²) in [5, 5.41) is 1.17. The summed E-state index contributed by atoms with van der Waals surface area (Å²) in [6, 6.07) is 15.5. The summed E-state index contributed by atoms with van der Waals surface area (Å²) in [6.45, 7) is 2.37. The molecular weight excluding hydrogens is 356 g/mol. The first-order valence-electron chi connectivity index (χ1n) is 8.96. The maximum absolute atomic E-state index is 13.1. The second-order valence-corrected chi connectivity index (χ2v) is 6.44. The van der Waals surface area contributed by atoms with E-state index in [2.05, 4.69) is 15.0 Å². The van der Waals surface area contributed by atoms with Crippen molar-refractivity contribution in [2.75, 3.05) is 6.54 Å². The zero-order valence-corrected chi connectivity index (χ0v) is 15.2. The summed E-state index contributed by atoms with van der Waals surface area (Å²) in [5.74, 6) is 0.105. The van der Waals surface area contributed by atoms with Crippen LogP contribution in [0.15, 0.2) is 64.2 Å². The normalized spacial score (nSPS) is 11.0. The lowest BCUT2D eigenvalue weighted by Gasteiger charge is -2.21. The van der Waals surface area contributed by atoms with Gasteiger partial charge in [-0.15, -0.1) is 0 Å². The number of benzene rings is 2. The van der Waals surface area contributed by atoms with Gasteiger partial charge in [0.15, 0.2) is 0 Å². The fourth-order valence-corrected chi connectivity index (χ4v) is 3.27. The number of carbonyl (C=O) groups is 1.